The number of ether oxygens (including phenoxy) is 1. The first-order chi connectivity index (χ1) is 12.6. The molecule has 0 spiro atoms. The zero-order valence-corrected chi connectivity index (χ0v) is 15.6. The molecule has 26 heavy (non-hydrogen) atoms. The van der Waals surface area contributed by atoms with Crippen molar-refractivity contribution in [3.05, 3.63) is 41.2 Å². The average Bonchev–Trinajstić information content (AvgIpc) is 2.68. The van der Waals surface area contributed by atoms with Gasteiger partial charge in [0.05, 0.1) is 13.2 Å². The van der Waals surface area contributed by atoms with Crippen LogP contribution in [0.4, 0.5) is 11.9 Å². The lowest BCUT2D eigenvalue weighted by Gasteiger charge is -2.27. The molecule has 2 aromatic rings. The van der Waals surface area contributed by atoms with Gasteiger partial charge < -0.3 is 9.64 Å². The molecule has 0 radical (unpaired) electrons. The van der Waals surface area contributed by atoms with Crippen molar-refractivity contribution in [1.82, 2.24) is 15.0 Å². The lowest BCUT2D eigenvalue weighted by atomic mass is 10.1. The minimum absolute atomic E-state index is 0.133. The number of benzene rings is 1. The molecular weight excluding hydrogens is 330 g/mol. The number of nitrogens with zero attached hydrogens (tertiary/aromatic N) is 5. The van der Waals surface area contributed by atoms with Crippen LogP contribution < -0.4 is 9.80 Å². The maximum absolute atomic E-state index is 12.8. The monoisotopic (exact) mass is 355 g/mol. The standard InChI is InChI=1S/C19H25N5O2/c1-4-5-16-20-18(22-19(21-16)24-10-12-26-13-11-24)23(3)17(25)15-8-6-14(2)7-9-15/h6-9H,4-5,10-13H2,1-3H3. The van der Waals surface area contributed by atoms with Gasteiger partial charge in [0.1, 0.15) is 5.82 Å². The first-order valence-electron chi connectivity index (χ1n) is 9.01. The van der Waals surface area contributed by atoms with Gasteiger partial charge in [-0.05, 0) is 25.5 Å². The summed E-state index contributed by atoms with van der Waals surface area (Å²) in [7, 11) is 1.70. The molecule has 7 heteroatoms. The Bertz CT molecular complexity index is 757. The van der Waals surface area contributed by atoms with E-state index < -0.39 is 0 Å². The van der Waals surface area contributed by atoms with Gasteiger partial charge in [0.2, 0.25) is 11.9 Å². The summed E-state index contributed by atoms with van der Waals surface area (Å²) in [6.45, 7) is 6.87. The predicted molar refractivity (Wildman–Crippen MR) is 101 cm³/mol. The van der Waals surface area contributed by atoms with Gasteiger partial charge in [0.15, 0.2) is 0 Å². The van der Waals surface area contributed by atoms with Crippen molar-refractivity contribution in [2.45, 2.75) is 26.7 Å². The van der Waals surface area contributed by atoms with Crippen molar-refractivity contribution < 1.29 is 9.53 Å². The molecule has 0 bridgehead atoms. The van der Waals surface area contributed by atoms with Crippen molar-refractivity contribution in [1.29, 1.82) is 0 Å². The molecule has 1 fully saturated rings. The van der Waals surface area contributed by atoms with E-state index in [1.807, 2.05) is 31.2 Å². The Kier molecular flexibility index (Phi) is 5.78. The van der Waals surface area contributed by atoms with Crippen LogP contribution in [0, 0.1) is 6.92 Å². The molecule has 2 heterocycles. The van der Waals surface area contributed by atoms with Gasteiger partial charge in [0, 0.05) is 32.1 Å². The summed E-state index contributed by atoms with van der Waals surface area (Å²) in [5.41, 5.74) is 1.73. The van der Waals surface area contributed by atoms with Crippen LogP contribution in [0.2, 0.25) is 0 Å². The number of rotatable bonds is 5. The molecule has 1 aromatic carbocycles. The molecule has 1 amide bonds. The third kappa shape index (κ3) is 4.16. The van der Waals surface area contributed by atoms with E-state index in [1.165, 1.54) is 4.90 Å². The highest BCUT2D eigenvalue weighted by Gasteiger charge is 2.21. The number of aryl methyl sites for hydroxylation is 2. The SMILES string of the molecule is CCCc1nc(N2CCOCC2)nc(N(C)C(=O)c2ccc(C)cc2)n1. The fourth-order valence-corrected chi connectivity index (χ4v) is 2.77. The zero-order valence-electron chi connectivity index (χ0n) is 15.6. The summed E-state index contributed by atoms with van der Waals surface area (Å²) < 4.78 is 5.40. The molecule has 138 valence electrons. The molecule has 0 N–H and O–H groups in total. The second-order valence-corrected chi connectivity index (χ2v) is 6.43. The fraction of sp³-hybridized carbons (Fsp3) is 0.474. The van der Waals surface area contributed by atoms with Crippen LogP contribution in [0.5, 0.6) is 0 Å². The second-order valence-electron chi connectivity index (χ2n) is 6.43. The lowest BCUT2D eigenvalue weighted by Crippen LogP contribution is -2.38. The molecule has 1 saturated heterocycles. The molecule has 0 unspecified atom stereocenters. The zero-order chi connectivity index (χ0) is 18.5. The van der Waals surface area contributed by atoms with Crippen LogP contribution in [-0.4, -0.2) is 54.2 Å². The third-order valence-electron chi connectivity index (χ3n) is 4.33. The van der Waals surface area contributed by atoms with Crippen LogP contribution >= 0.6 is 0 Å². The Labute approximate surface area is 154 Å². The van der Waals surface area contributed by atoms with Crippen LogP contribution in [0.3, 0.4) is 0 Å². The van der Waals surface area contributed by atoms with Crippen molar-refractivity contribution >= 4 is 17.8 Å². The maximum atomic E-state index is 12.8. The summed E-state index contributed by atoms with van der Waals surface area (Å²) in [6, 6.07) is 7.50. The van der Waals surface area contributed by atoms with E-state index >= 15 is 0 Å². The van der Waals surface area contributed by atoms with Gasteiger partial charge in [-0.3, -0.25) is 9.69 Å². The van der Waals surface area contributed by atoms with Crippen molar-refractivity contribution in [3.8, 4) is 0 Å². The minimum Gasteiger partial charge on any atom is -0.378 e. The van der Waals surface area contributed by atoms with Gasteiger partial charge in [-0.15, -0.1) is 0 Å². The highest BCUT2D eigenvalue weighted by molar-refractivity contribution is 6.04. The summed E-state index contributed by atoms with van der Waals surface area (Å²) >= 11 is 0. The van der Waals surface area contributed by atoms with Gasteiger partial charge in [-0.25, -0.2) is 0 Å². The number of hydrogen-bond acceptors (Lipinski definition) is 6. The summed E-state index contributed by atoms with van der Waals surface area (Å²) in [5, 5.41) is 0. The van der Waals surface area contributed by atoms with E-state index in [2.05, 4.69) is 26.8 Å². The van der Waals surface area contributed by atoms with Crippen LogP contribution in [0.15, 0.2) is 24.3 Å². The molecule has 1 aliphatic heterocycles. The molecular formula is C19H25N5O2. The minimum atomic E-state index is -0.133. The molecule has 1 aromatic heterocycles. The number of carbonyl (C=O) groups excluding carboxylic acids is 1. The quantitative estimate of drug-likeness (QED) is 0.819. The van der Waals surface area contributed by atoms with Crippen molar-refractivity contribution in [2.75, 3.05) is 43.2 Å². The number of morpholine rings is 1. The average molecular weight is 355 g/mol. The van der Waals surface area contributed by atoms with Gasteiger partial charge in [0.25, 0.3) is 5.91 Å². The molecule has 7 nitrogen and oxygen atoms in total. The Morgan fingerprint density at radius 3 is 2.50 bits per heavy atom. The van der Waals surface area contributed by atoms with Gasteiger partial charge >= 0.3 is 0 Å². The van der Waals surface area contributed by atoms with Crippen LogP contribution in [-0.2, 0) is 11.2 Å². The molecule has 0 atom stereocenters. The van der Waals surface area contributed by atoms with Crippen molar-refractivity contribution in [3.63, 3.8) is 0 Å². The maximum Gasteiger partial charge on any atom is 0.260 e. The van der Waals surface area contributed by atoms with Gasteiger partial charge in [-0.1, -0.05) is 24.6 Å². The van der Waals surface area contributed by atoms with E-state index in [9.17, 15) is 4.79 Å². The van der Waals surface area contributed by atoms with E-state index in [-0.39, 0.29) is 5.91 Å². The molecule has 0 aliphatic carbocycles. The fourth-order valence-electron chi connectivity index (χ4n) is 2.77. The number of aromatic nitrogens is 3. The highest BCUT2D eigenvalue weighted by Crippen LogP contribution is 2.17. The number of hydrogen-bond donors (Lipinski definition) is 0. The molecule has 3 rings (SSSR count). The van der Waals surface area contributed by atoms with Crippen LogP contribution in [0.25, 0.3) is 0 Å². The Morgan fingerprint density at radius 2 is 1.85 bits per heavy atom. The first kappa shape index (κ1) is 18.3. The topological polar surface area (TPSA) is 71.5 Å². The van der Waals surface area contributed by atoms with E-state index in [1.54, 1.807) is 7.05 Å². The normalized spacial score (nSPS) is 14.3. The third-order valence-corrected chi connectivity index (χ3v) is 4.33. The van der Waals surface area contributed by atoms with E-state index in [0.29, 0.717) is 36.5 Å². The smallest absolute Gasteiger partial charge is 0.260 e. The Morgan fingerprint density at radius 1 is 1.15 bits per heavy atom. The number of amides is 1. The summed E-state index contributed by atoms with van der Waals surface area (Å²) in [6.07, 6.45) is 1.68. The first-order valence-corrected chi connectivity index (χ1v) is 9.01. The predicted octanol–water partition coefficient (Wildman–Crippen LogP) is 2.25. The summed E-state index contributed by atoms with van der Waals surface area (Å²) in [5.74, 6) is 1.58. The van der Waals surface area contributed by atoms with Crippen LogP contribution in [0.1, 0.15) is 35.1 Å². The Hall–Kier alpha value is -2.54. The second kappa shape index (κ2) is 8.23. The van der Waals surface area contributed by atoms with Crippen molar-refractivity contribution in [2.24, 2.45) is 0 Å². The summed E-state index contributed by atoms with van der Waals surface area (Å²) in [4.78, 5) is 30.0. The molecule has 1 aliphatic rings. The number of carbonyl (C=O) groups is 1. The molecule has 0 saturated carbocycles. The largest absolute Gasteiger partial charge is 0.378 e. The van der Waals surface area contributed by atoms with Gasteiger partial charge in [-0.2, -0.15) is 15.0 Å². The Balaban J connectivity index is 1.90. The van der Waals surface area contributed by atoms with E-state index in [0.717, 1.165) is 31.5 Å². The van der Waals surface area contributed by atoms with E-state index in [4.69, 9.17) is 4.74 Å². The number of anilines is 2. The highest BCUT2D eigenvalue weighted by atomic mass is 16.5. The lowest BCUT2D eigenvalue weighted by molar-refractivity contribution is 0.0991.